The van der Waals surface area contributed by atoms with Gasteiger partial charge in [-0.1, -0.05) is 0 Å². The van der Waals surface area contributed by atoms with Crippen LogP contribution < -0.4 is 4.74 Å². The Hall–Kier alpha value is -1.91. The second-order valence-electron chi connectivity index (χ2n) is 5.26. The summed E-state index contributed by atoms with van der Waals surface area (Å²) in [5.41, 5.74) is -0.0307. The number of ether oxygens (including phenoxy) is 2. The van der Waals surface area contributed by atoms with Crippen LogP contribution in [0.5, 0.6) is 11.5 Å². The number of aromatic carboxylic acids is 1. The summed E-state index contributed by atoms with van der Waals surface area (Å²) in [4.78, 5) is 11.3. The van der Waals surface area contributed by atoms with Crippen LogP contribution in [0.4, 0.5) is 0 Å². The highest BCUT2D eigenvalue weighted by atomic mass is 16.7. The fourth-order valence-corrected chi connectivity index (χ4v) is 2.39. The van der Waals surface area contributed by atoms with Gasteiger partial charge in [-0.15, -0.1) is 0 Å². The zero-order valence-corrected chi connectivity index (χ0v) is 12.2. The average molecular weight is 330 g/mol. The molecule has 9 nitrogen and oxygen atoms in total. The lowest BCUT2D eigenvalue weighted by molar-refractivity contribution is -0.277. The van der Waals surface area contributed by atoms with Crippen molar-refractivity contribution in [1.82, 2.24) is 0 Å². The molecule has 5 unspecified atom stereocenters. The minimum atomic E-state index is -1.68. The number of hydrogen-bond acceptors (Lipinski definition) is 8. The Labute approximate surface area is 130 Å². The van der Waals surface area contributed by atoms with Crippen LogP contribution >= 0.6 is 0 Å². The van der Waals surface area contributed by atoms with Crippen molar-refractivity contribution in [2.45, 2.75) is 37.6 Å². The quantitative estimate of drug-likeness (QED) is 0.390. The van der Waals surface area contributed by atoms with Gasteiger partial charge in [-0.25, -0.2) is 4.79 Å². The van der Waals surface area contributed by atoms with Crippen molar-refractivity contribution < 1.29 is 44.9 Å². The number of aliphatic hydroxyl groups is 4. The van der Waals surface area contributed by atoms with Crippen LogP contribution in [0.2, 0.25) is 0 Å². The maximum absolute atomic E-state index is 11.3. The van der Waals surface area contributed by atoms with Gasteiger partial charge in [-0.2, -0.15) is 0 Å². The van der Waals surface area contributed by atoms with E-state index in [1.54, 1.807) is 0 Å². The van der Waals surface area contributed by atoms with Gasteiger partial charge in [0.25, 0.3) is 0 Å². The van der Waals surface area contributed by atoms with Crippen LogP contribution in [0.25, 0.3) is 0 Å². The number of phenolic OH excluding ortho intramolecular Hbond substituents is 1. The first-order valence-corrected chi connectivity index (χ1v) is 6.80. The predicted molar refractivity (Wildman–Crippen MR) is 74.2 cm³/mol. The molecule has 1 aromatic carbocycles. The lowest BCUT2D eigenvalue weighted by Crippen LogP contribution is -2.60. The maximum atomic E-state index is 11.3. The second kappa shape index (κ2) is 6.69. The molecule has 0 radical (unpaired) electrons. The Kier molecular flexibility index (Phi) is 5.07. The van der Waals surface area contributed by atoms with Crippen molar-refractivity contribution in [2.24, 2.45) is 0 Å². The third kappa shape index (κ3) is 3.38. The molecule has 9 heteroatoms. The Balaban J connectivity index is 2.33. The van der Waals surface area contributed by atoms with E-state index in [4.69, 9.17) is 14.6 Å². The van der Waals surface area contributed by atoms with Crippen molar-refractivity contribution in [2.75, 3.05) is 6.61 Å². The molecule has 2 rings (SSSR count). The van der Waals surface area contributed by atoms with E-state index in [9.17, 15) is 30.3 Å². The number of carboxylic acids is 1. The Morgan fingerprint density at radius 1 is 1.22 bits per heavy atom. The molecule has 128 valence electrons. The average Bonchev–Trinajstić information content (AvgIpc) is 2.46. The number of carboxylic acid groups (broad SMARTS) is 1. The van der Waals surface area contributed by atoms with Crippen molar-refractivity contribution >= 4 is 5.97 Å². The molecule has 1 fully saturated rings. The molecule has 1 heterocycles. The molecule has 0 bridgehead atoms. The van der Waals surface area contributed by atoms with E-state index < -0.39 is 43.3 Å². The summed E-state index contributed by atoms with van der Waals surface area (Å²) in [6.45, 7) is 0.805. The largest absolute Gasteiger partial charge is 0.508 e. The minimum Gasteiger partial charge on any atom is -0.508 e. The van der Waals surface area contributed by atoms with Gasteiger partial charge in [0.1, 0.15) is 41.5 Å². The van der Waals surface area contributed by atoms with Gasteiger partial charge in [0.15, 0.2) is 0 Å². The summed E-state index contributed by atoms with van der Waals surface area (Å²) in [5, 5.41) is 57.2. The van der Waals surface area contributed by atoms with Crippen molar-refractivity contribution in [1.29, 1.82) is 0 Å². The normalized spacial score (nSPS) is 30.9. The van der Waals surface area contributed by atoms with E-state index >= 15 is 0 Å². The molecule has 1 saturated heterocycles. The van der Waals surface area contributed by atoms with Crippen molar-refractivity contribution in [3.8, 4) is 11.5 Å². The lowest BCUT2D eigenvalue weighted by Gasteiger charge is -2.39. The van der Waals surface area contributed by atoms with Crippen LogP contribution in [-0.2, 0) is 4.74 Å². The van der Waals surface area contributed by atoms with Gasteiger partial charge in [0.05, 0.1) is 6.61 Å². The first-order valence-electron chi connectivity index (χ1n) is 6.80. The van der Waals surface area contributed by atoms with Gasteiger partial charge >= 0.3 is 5.97 Å². The highest BCUT2D eigenvalue weighted by Gasteiger charge is 2.45. The number of aromatic hydroxyl groups is 1. The first kappa shape index (κ1) is 17.4. The molecule has 0 aliphatic carbocycles. The van der Waals surface area contributed by atoms with E-state index in [1.165, 1.54) is 13.0 Å². The zero-order valence-electron chi connectivity index (χ0n) is 12.2. The first-order chi connectivity index (χ1) is 10.8. The molecule has 1 aromatic rings. The Morgan fingerprint density at radius 3 is 2.43 bits per heavy atom. The predicted octanol–water partition coefficient (Wildman–Crippen LogP) is -1.42. The van der Waals surface area contributed by atoms with E-state index in [0.717, 1.165) is 6.07 Å². The number of rotatable bonds is 4. The van der Waals surface area contributed by atoms with Crippen LogP contribution in [0.3, 0.4) is 0 Å². The molecule has 0 saturated carbocycles. The third-order valence-electron chi connectivity index (χ3n) is 3.59. The number of benzene rings is 1. The van der Waals surface area contributed by atoms with Crippen molar-refractivity contribution in [3.05, 3.63) is 23.3 Å². The number of phenols is 1. The zero-order chi connectivity index (χ0) is 17.3. The molecule has 1 aliphatic heterocycles. The molecular weight excluding hydrogens is 312 g/mol. The van der Waals surface area contributed by atoms with E-state index in [0.29, 0.717) is 0 Å². The van der Waals surface area contributed by atoms with Crippen molar-refractivity contribution in [3.63, 3.8) is 0 Å². The van der Waals surface area contributed by atoms with E-state index in [1.807, 2.05) is 0 Å². The van der Waals surface area contributed by atoms with Gasteiger partial charge in [0.2, 0.25) is 6.29 Å². The molecule has 0 spiro atoms. The second-order valence-corrected chi connectivity index (χ2v) is 5.26. The summed E-state index contributed by atoms with van der Waals surface area (Å²) < 4.78 is 10.4. The number of aliphatic hydroxyl groups excluding tert-OH is 4. The third-order valence-corrected chi connectivity index (χ3v) is 3.59. The SMILES string of the molecule is Cc1cc(O)cc(OC2OC(CO)C(O)C(O)C2O)c1C(=O)O. The number of aryl methyl sites for hydroxylation is 1. The molecule has 23 heavy (non-hydrogen) atoms. The molecule has 0 aromatic heterocycles. The molecule has 0 amide bonds. The summed E-state index contributed by atoms with van der Waals surface area (Å²) in [5.74, 6) is -1.85. The summed E-state index contributed by atoms with van der Waals surface area (Å²) in [6.07, 6.45) is -7.62. The topological polar surface area (TPSA) is 157 Å². The fourth-order valence-electron chi connectivity index (χ4n) is 2.39. The van der Waals surface area contributed by atoms with Gasteiger partial charge < -0.3 is 40.1 Å². The summed E-state index contributed by atoms with van der Waals surface area (Å²) >= 11 is 0. The van der Waals surface area contributed by atoms with Gasteiger partial charge in [-0.05, 0) is 18.6 Å². The Bertz CT molecular complexity index is 586. The Morgan fingerprint density at radius 2 is 1.87 bits per heavy atom. The van der Waals surface area contributed by atoms with E-state index in [-0.39, 0.29) is 22.6 Å². The maximum Gasteiger partial charge on any atom is 0.339 e. The van der Waals surface area contributed by atoms with Crippen LogP contribution in [-0.4, -0.2) is 73.9 Å². The van der Waals surface area contributed by atoms with Gasteiger partial charge in [0, 0.05) is 6.07 Å². The molecule has 1 aliphatic rings. The molecule has 5 atom stereocenters. The summed E-state index contributed by atoms with van der Waals surface area (Å²) in [6, 6.07) is 2.25. The fraction of sp³-hybridized carbons (Fsp3) is 0.500. The minimum absolute atomic E-state index is 0.220. The smallest absolute Gasteiger partial charge is 0.339 e. The van der Waals surface area contributed by atoms with Crippen LogP contribution in [0.1, 0.15) is 15.9 Å². The number of carbonyl (C=O) groups is 1. The van der Waals surface area contributed by atoms with E-state index in [2.05, 4.69) is 0 Å². The summed E-state index contributed by atoms with van der Waals surface area (Å²) in [7, 11) is 0. The molecular formula is C14H18O9. The van der Waals surface area contributed by atoms with Crippen LogP contribution in [0.15, 0.2) is 12.1 Å². The highest BCUT2D eigenvalue weighted by Crippen LogP contribution is 2.31. The monoisotopic (exact) mass is 330 g/mol. The lowest BCUT2D eigenvalue weighted by atomic mass is 9.99. The van der Waals surface area contributed by atoms with Gasteiger partial charge in [-0.3, -0.25) is 0 Å². The number of hydrogen-bond donors (Lipinski definition) is 6. The van der Waals surface area contributed by atoms with Crippen LogP contribution in [0, 0.1) is 6.92 Å². The standard InChI is InChI=1S/C14H18O9/c1-5-2-6(16)3-7(9(5)13(20)21)22-14-12(19)11(18)10(17)8(4-15)23-14/h2-3,8,10-12,14-19H,4H2,1H3,(H,20,21). The highest BCUT2D eigenvalue weighted by molar-refractivity contribution is 5.93. The molecule has 6 N–H and O–H groups in total.